The van der Waals surface area contributed by atoms with Gasteiger partial charge in [-0.3, -0.25) is 9.59 Å². The Morgan fingerprint density at radius 3 is 2.65 bits per heavy atom. The van der Waals surface area contributed by atoms with E-state index in [1.165, 1.54) is 0 Å². The lowest BCUT2D eigenvalue weighted by molar-refractivity contribution is 0.0939. The third-order valence-electron chi connectivity index (χ3n) is 3.51. The summed E-state index contributed by atoms with van der Waals surface area (Å²) in [5.41, 5.74) is 1.08. The molecule has 0 atom stereocenters. The standard InChI is InChI=1S/C17H15NO2/c1-11(2)16(19)13-9-15-17(20)14-6-4-3-5-12(14)7-8-18(15)10-13/h3-11H,1-2H3. The lowest BCUT2D eigenvalue weighted by Crippen LogP contribution is -2.05. The van der Waals surface area contributed by atoms with Crippen LogP contribution < -0.4 is 5.43 Å². The Morgan fingerprint density at radius 1 is 1.15 bits per heavy atom. The Kier molecular flexibility index (Phi) is 2.90. The molecule has 2 heterocycles. The van der Waals surface area contributed by atoms with Crippen LogP contribution >= 0.6 is 0 Å². The minimum atomic E-state index is -0.0759. The number of rotatable bonds is 2. The zero-order valence-electron chi connectivity index (χ0n) is 11.5. The second kappa shape index (κ2) is 4.60. The van der Waals surface area contributed by atoms with Gasteiger partial charge in [-0.1, -0.05) is 38.1 Å². The normalized spacial score (nSPS) is 11.3. The smallest absolute Gasteiger partial charge is 0.210 e. The van der Waals surface area contributed by atoms with Crippen LogP contribution in [0.15, 0.2) is 53.6 Å². The molecule has 0 N–H and O–H groups in total. The largest absolute Gasteiger partial charge is 0.320 e. The van der Waals surface area contributed by atoms with Crippen molar-refractivity contribution in [2.75, 3.05) is 0 Å². The average Bonchev–Trinajstić information content (AvgIpc) is 2.82. The van der Waals surface area contributed by atoms with Crippen molar-refractivity contribution in [2.24, 2.45) is 5.92 Å². The van der Waals surface area contributed by atoms with E-state index in [4.69, 9.17) is 0 Å². The molecule has 0 spiro atoms. The van der Waals surface area contributed by atoms with Gasteiger partial charge in [-0.05, 0) is 17.5 Å². The minimum Gasteiger partial charge on any atom is -0.320 e. The Hall–Kier alpha value is -2.42. The monoisotopic (exact) mass is 265 g/mol. The highest BCUT2D eigenvalue weighted by Gasteiger charge is 2.13. The molecule has 3 rings (SSSR count). The average molecular weight is 265 g/mol. The van der Waals surface area contributed by atoms with Gasteiger partial charge in [0, 0.05) is 29.3 Å². The maximum Gasteiger partial charge on any atom is 0.210 e. The fourth-order valence-electron chi connectivity index (χ4n) is 2.40. The summed E-state index contributed by atoms with van der Waals surface area (Å²) in [7, 11) is 0. The van der Waals surface area contributed by atoms with Crippen LogP contribution in [0, 0.1) is 5.92 Å². The van der Waals surface area contributed by atoms with Gasteiger partial charge in [-0.15, -0.1) is 0 Å². The Morgan fingerprint density at radius 2 is 1.90 bits per heavy atom. The van der Waals surface area contributed by atoms with Crippen molar-refractivity contribution >= 4 is 22.1 Å². The first-order chi connectivity index (χ1) is 9.58. The van der Waals surface area contributed by atoms with Crippen molar-refractivity contribution in [1.82, 2.24) is 4.40 Å². The minimum absolute atomic E-state index is 0.0478. The van der Waals surface area contributed by atoms with Crippen LogP contribution in [0.25, 0.3) is 16.3 Å². The summed E-state index contributed by atoms with van der Waals surface area (Å²) in [5.74, 6) is -0.0203. The zero-order chi connectivity index (χ0) is 14.3. The van der Waals surface area contributed by atoms with Gasteiger partial charge < -0.3 is 4.40 Å². The second-order valence-electron chi connectivity index (χ2n) is 5.27. The number of carbonyl (C=O) groups excluding carboxylic acids is 1. The molecule has 0 saturated heterocycles. The van der Waals surface area contributed by atoms with Gasteiger partial charge in [0.25, 0.3) is 0 Å². The number of hydrogen-bond donors (Lipinski definition) is 0. The molecular weight excluding hydrogens is 250 g/mol. The van der Waals surface area contributed by atoms with Gasteiger partial charge in [0.05, 0.1) is 5.52 Å². The van der Waals surface area contributed by atoms with Crippen LogP contribution in [0.1, 0.15) is 24.2 Å². The van der Waals surface area contributed by atoms with Crippen LogP contribution in [0.2, 0.25) is 0 Å². The third kappa shape index (κ3) is 1.92. The second-order valence-corrected chi connectivity index (χ2v) is 5.27. The van der Waals surface area contributed by atoms with Crippen molar-refractivity contribution < 1.29 is 4.79 Å². The van der Waals surface area contributed by atoms with Crippen molar-refractivity contribution in [2.45, 2.75) is 13.8 Å². The van der Waals surface area contributed by atoms with E-state index in [1.807, 2.05) is 50.4 Å². The van der Waals surface area contributed by atoms with Crippen molar-refractivity contribution in [1.29, 1.82) is 0 Å². The van der Waals surface area contributed by atoms with Gasteiger partial charge in [0.1, 0.15) is 0 Å². The maximum atomic E-state index is 12.6. The molecule has 20 heavy (non-hydrogen) atoms. The molecule has 0 bridgehead atoms. The van der Waals surface area contributed by atoms with Crippen LogP contribution in [0.4, 0.5) is 0 Å². The topological polar surface area (TPSA) is 38.5 Å². The first-order valence-electron chi connectivity index (χ1n) is 6.66. The number of aromatic nitrogens is 1. The number of Topliss-reactive ketones (excluding diaryl/α,β-unsaturated/α-hetero) is 1. The molecule has 0 fully saturated rings. The summed E-state index contributed by atoms with van der Waals surface area (Å²) >= 11 is 0. The molecule has 0 unspecified atom stereocenters. The molecule has 1 aromatic carbocycles. The van der Waals surface area contributed by atoms with E-state index in [0.29, 0.717) is 16.5 Å². The van der Waals surface area contributed by atoms with E-state index < -0.39 is 0 Å². The molecule has 0 aliphatic heterocycles. The molecule has 0 saturated carbocycles. The van der Waals surface area contributed by atoms with Gasteiger partial charge in [-0.2, -0.15) is 0 Å². The molecule has 3 heteroatoms. The third-order valence-corrected chi connectivity index (χ3v) is 3.51. The molecule has 0 amide bonds. The fourth-order valence-corrected chi connectivity index (χ4v) is 2.40. The van der Waals surface area contributed by atoms with Crippen LogP contribution in [-0.2, 0) is 0 Å². The maximum absolute atomic E-state index is 12.6. The SMILES string of the molecule is CC(C)C(=O)c1cc2c(=O)c3ccccc3ccn2c1. The molecule has 0 aliphatic carbocycles. The molecule has 3 aromatic rings. The summed E-state index contributed by atoms with van der Waals surface area (Å²) in [6, 6.07) is 11.1. The predicted molar refractivity (Wildman–Crippen MR) is 80.3 cm³/mol. The fraction of sp³-hybridized carbons (Fsp3) is 0.176. The van der Waals surface area contributed by atoms with Crippen molar-refractivity contribution in [3.8, 4) is 0 Å². The summed E-state index contributed by atoms with van der Waals surface area (Å²) < 4.78 is 1.73. The van der Waals surface area contributed by atoms with Crippen molar-refractivity contribution in [3.63, 3.8) is 0 Å². The number of ketones is 1. The molecule has 0 radical (unpaired) electrons. The highest BCUT2D eigenvalue weighted by molar-refractivity contribution is 5.99. The van der Waals surface area contributed by atoms with Gasteiger partial charge in [0.15, 0.2) is 5.78 Å². The van der Waals surface area contributed by atoms with Crippen LogP contribution in [0.5, 0.6) is 0 Å². The van der Waals surface area contributed by atoms with E-state index in [1.54, 1.807) is 16.7 Å². The summed E-state index contributed by atoms with van der Waals surface area (Å²) in [6.07, 6.45) is 3.56. The quantitative estimate of drug-likeness (QED) is 0.667. The highest BCUT2D eigenvalue weighted by atomic mass is 16.1. The molecule has 100 valence electrons. The van der Waals surface area contributed by atoms with Gasteiger partial charge in [-0.25, -0.2) is 0 Å². The Labute approximate surface area is 116 Å². The molecule has 2 aromatic heterocycles. The molecule has 0 aliphatic rings. The highest BCUT2D eigenvalue weighted by Crippen LogP contribution is 2.14. The number of nitrogens with zero attached hydrogens (tertiary/aromatic N) is 1. The van der Waals surface area contributed by atoms with E-state index >= 15 is 0 Å². The van der Waals surface area contributed by atoms with E-state index in [9.17, 15) is 9.59 Å². The Balaban J connectivity index is 2.37. The van der Waals surface area contributed by atoms with Gasteiger partial charge in [0.2, 0.25) is 5.43 Å². The van der Waals surface area contributed by atoms with E-state index in [2.05, 4.69) is 0 Å². The van der Waals surface area contributed by atoms with Crippen molar-refractivity contribution in [3.05, 3.63) is 64.6 Å². The van der Waals surface area contributed by atoms with E-state index in [-0.39, 0.29) is 17.1 Å². The number of benzene rings is 1. The number of hydrogen-bond acceptors (Lipinski definition) is 2. The lowest BCUT2D eigenvalue weighted by Gasteiger charge is -1.98. The molecule has 3 nitrogen and oxygen atoms in total. The van der Waals surface area contributed by atoms with Crippen LogP contribution in [-0.4, -0.2) is 10.2 Å². The number of fused-ring (bicyclic) bond motifs is 2. The molecular formula is C17H15NO2. The predicted octanol–water partition coefficient (Wildman–Crippen LogP) is 3.29. The van der Waals surface area contributed by atoms with Crippen LogP contribution in [0.3, 0.4) is 0 Å². The first kappa shape index (κ1) is 12.6. The van der Waals surface area contributed by atoms with Gasteiger partial charge >= 0.3 is 0 Å². The first-order valence-corrected chi connectivity index (χ1v) is 6.66. The lowest BCUT2D eigenvalue weighted by atomic mass is 10.0. The Bertz CT molecular complexity index is 875. The summed E-state index contributed by atoms with van der Waals surface area (Å²) in [4.78, 5) is 24.6. The zero-order valence-corrected chi connectivity index (χ0v) is 11.5. The number of carbonyl (C=O) groups is 1. The summed E-state index contributed by atoms with van der Waals surface area (Å²) in [5, 5.41) is 1.57. The van der Waals surface area contributed by atoms with E-state index in [0.717, 1.165) is 5.39 Å². The summed E-state index contributed by atoms with van der Waals surface area (Å²) in [6.45, 7) is 3.72.